The molecule has 2 rings (SSSR count). The smallest absolute Gasteiger partial charge is 0.0819 e. The highest BCUT2D eigenvalue weighted by Crippen LogP contribution is 2.37. The third kappa shape index (κ3) is 3.82. The minimum atomic E-state index is 0.484. The molecule has 0 amide bonds. The van der Waals surface area contributed by atoms with Crippen molar-refractivity contribution in [1.82, 2.24) is 0 Å². The first-order chi connectivity index (χ1) is 8.79. The van der Waals surface area contributed by atoms with E-state index in [1.807, 2.05) is 0 Å². The number of hydrogen-bond acceptors (Lipinski definition) is 2. The Morgan fingerprint density at radius 2 is 1.78 bits per heavy atom. The zero-order chi connectivity index (χ0) is 12.8. The van der Waals surface area contributed by atoms with Gasteiger partial charge in [-0.25, -0.2) is 4.89 Å². The fourth-order valence-electron chi connectivity index (χ4n) is 3.06. The van der Waals surface area contributed by atoms with Crippen LogP contribution in [0.25, 0.3) is 0 Å². The molecule has 0 aliphatic heterocycles. The second-order valence-electron chi connectivity index (χ2n) is 5.60. The van der Waals surface area contributed by atoms with Crippen LogP contribution >= 0.6 is 0 Å². The normalized spacial score (nSPS) is 24.1. The van der Waals surface area contributed by atoms with Gasteiger partial charge in [0.05, 0.1) is 6.61 Å². The van der Waals surface area contributed by atoms with Crippen LogP contribution in [0.5, 0.6) is 0 Å². The second-order valence-corrected chi connectivity index (χ2v) is 5.60. The van der Waals surface area contributed by atoms with Crippen LogP contribution in [-0.2, 0) is 4.89 Å². The molecular weight excluding hydrogens is 224 g/mol. The monoisotopic (exact) mass is 248 g/mol. The van der Waals surface area contributed by atoms with Crippen molar-refractivity contribution < 1.29 is 10.1 Å². The van der Waals surface area contributed by atoms with E-state index in [1.54, 1.807) is 0 Å². The number of hydrogen-bond donors (Lipinski definition) is 1. The summed E-state index contributed by atoms with van der Waals surface area (Å²) in [5.74, 6) is 1.60. The molecule has 1 fully saturated rings. The Balaban J connectivity index is 1.77. The highest BCUT2D eigenvalue weighted by Gasteiger charge is 2.21. The Hall–Kier alpha value is -0.860. The van der Waals surface area contributed by atoms with E-state index in [4.69, 9.17) is 5.26 Å². The average molecular weight is 248 g/mol. The van der Waals surface area contributed by atoms with E-state index in [2.05, 4.69) is 36.1 Å². The summed E-state index contributed by atoms with van der Waals surface area (Å²) in [7, 11) is 0. The summed E-state index contributed by atoms with van der Waals surface area (Å²) in [5.41, 5.74) is 2.86. The zero-order valence-electron chi connectivity index (χ0n) is 11.3. The van der Waals surface area contributed by atoms with Gasteiger partial charge in [-0.2, -0.15) is 0 Å². The van der Waals surface area contributed by atoms with E-state index >= 15 is 0 Å². The number of aryl methyl sites for hydroxylation is 1. The van der Waals surface area contributed by atoms with Gasteiger partial charge in [0.1, 0.15) is 0 Å². The lowest BCUT2D eigenvalue weighted by atomic mass is 9.77. The fraction of sp³-hybridized carbons (Fsp3) is 0.625. The summed E-state index contributed by atoms with van der Waals surface area (Å²) in [6, 6.07) is 9.03. The lowest BCUT2D eigenvalue weighted by Crippen LogP contribution is -2.13. The van der Waals surface area contributed by atoms with Crippen molar-refractivity contribution in [1.29, 1.82) is 0 Å². The molecule has 0 unspecified atom stereocenters. The van der Waals surface area contributed by atoms with Crippen molar-refractivity contribution in [2.75, 3.05) is 6.61 Å². The molecule has 2 nitrogen and oxygen atoms in total. The van der Waals surface area contributed by atoms with E-state index in [0.29, 0.717) is 6.61 Å². The van der Waals surface area contributed by atoms with Gasteiger partial charge in [0.15, 0.2) is 0 Å². The number of rotatable bonds is 5. The molecule has 1 N–H and O–H groups in total. The molecule has 1 aliphatic rings. The minimum Gasteiger partial charge on any atom is -0.252 e. The molecule has 0 spiro atoms. The van der Waals surface area contributed by atoms with Gasteiger partial charge in [-0.05, 0) is 62.8 Å². The van der Waals surface area contributed by atoms with Crippen molar-refractivity contribution in [2.24, 2.45) is 5.92 Å². The van der Waals surface area contributed by atoms with Crippen LogP contribution in [-0.4, -0.2) is 11.9 Å². The van der Waals surface area contributed by atoms with Gasteiger partial charge >= 0.3 is 0 Å². The Morgan fingerprint density at radius 3 is 2.39 bits per heavy atom. The van der Waals surface area contributed by atoms with Gasteiger partial charge in [-0.1, -0.05) is 29.8 Å². The highest BCUT2D eigenvalue weighted by atomic mass is 17.1. The summed E-state index contributed by atoms with van der Waals surface area (Å²) in [4.78, 5) is 4.13. The lowest BCUT2D eigenvalue weighted by Gasteiger charge is -2.28. The first kappa shape index (κ1) is 13.6. The predicted molar refractivity (Wildman–Crippen MR) is 73.7 cm³/mol. The first-order valence-electron chi connectivity index (χ1n) is 7.12. The standard InChI is InChI=1S/C16H24O2/c1-13-4-8-15(9-5-13)16-10-6-14(7-11-16)3-2-12-18-17/h4-5,8-9,14,16-17H,2-3,6-7,10-12H2,1H3. The maximum Gasteiger partial charge on any atom is 0.0819 e. The van der Waals surface area contributed by atoms with Crippen LogP contribution in [0.3, 0.4) is 0 Å². The quantitative estimate of drug-likeness (QED) is 0.471. The van der Waals surface area contributed by atoms with Gasteiger partial charge in [0.2, 0.25) is 0 Å². The summed E-state index contributed by atoms with van der Waals surface area (Å²) in [6.45, 7) is 2.63. The van der Waals surface area contributed by atoms with Crippen molar-refractivity contribution in [3.63, 3.8) is 0 Å². The molecular formula is C16H24O2. The fourth-order valence-corrected chi connectivity index (χ4v) is 3.06. The molecule has 0 heterocycles. The van der Waals surface area contributed by atoms with Gasteiger partial charge < -0.3 is 0 Å². The van der Waals surface area contributed by atoms with E-state index in [-0.39, 0.29) is 0 Å². The average Bonchev–Trinajstić information content (AvgIpc) is 2.41. The molecule has 0 aromatic heterocycles. The maximum absolute atomic E-state index is 8.31. The van der Waals surface area contributed by atoms with Crippen LogP contribution in [0.2, 0.25) is 0 Å². The molecule has 1 aliphatic carbocycles. The Kier molecular flexibility index (Phi) is 5.21. The van der Waals surface area contributed by atoms with Crippen LogP contribution < -0.4 is 0 Å². The van der Waals surface area contributed by atoms with Crippen LogP contribution in [0.1, 0.15) is 55.6 Å². The first-order valence-corrected chi connectivity index (χ1v) is 7.12. The summed E-state index contributed by atoms with van der Waals surface area (Å²) >= 11 is 0. The molecule has 0 bridgehead atoms. The zero-order valence-corrected chi connectivity index (χ0v) is 11.3. The SMILES string of the molecule is Cc1ccc(C2CCC(CCCOO)CC2)cc1. The molecule has 100 valence electrons. The maximum atomic E-state index is 8.31. The Morgan fingerprint density at radius 1 is 1.11 bits per heavy atom. The van der Waals surface area contributed by atoms with Gasteiger partial charge in [-0.3, -0.25) is 5.26 Å². The summed E-state index contributed by atoms with van der Waals surface area (Å²) < 4.78 is 0. The Bertz CT molecular complexity index is 337. The van der Waals surface area contributed by atoms with E-state index in [9.17, 15) is 0 Å². The van der Waals surface area contributed by atoms with E-state index in [0.717, 1.165) is 18.3 Å². The van der Waals surface area contributed by atoms with Crippen LogP contribution in [0, 0.1) is 12.8 Å². The molecule has 0 radical (unpaired) electrons. The topological polar surface area (TPSA) is 29.5 Å². The van der Waals surface area contributed by atoms with Crippen LogP contribution in [0.15, 0.2) is 24.3 Å². The minimum absolute atomic E-state index is 0.484. The van der Waals surface area contributed by atoms with Gasteiger partial charge in [0, 0.05) is 0 Å². The highest BCUT2D eigenvalue weighted by molar-refractivity contribution is 5.24. The predicted octanol–water partition coefficient (Wildman–Crippen LogP) is 4.54. The van der Waals surface area contributed by atoms with E-state index < -0.39 is 0 Å². The third-order valence-electron chi connectivity index (χ3n) is 4.24. The van der Waals surface area contributed by atoms with Crippen molar-refractivity contribution in [3.05, 3.63) is 35.4 Å². The van der Waals surface area contributed by atoms with Crippen molar-refractivity contribution >= 4 is 0 Å². The molecule has 0 atom stereocenters. The second kappa shape index (κ2) is 6.91. The third-order valence-corrected chi connectivity index (χ3v) is 4.24. The summed E-state index contributed by atoms with van der Waals surface area (Å²) in [6.07, 6.45) is 7.45. The Labute approximate surface area is 110 Å². The lowest BCUT2D eigenvalue weighted by molar-refractivity contribution is -0.243. The van der Waals surface area contributed by atoms with Crippen molar-refractivity contribution in [3.8, 4) is 0 Å². The summed E-state index contributed by atoms with van der Waals surface area (Å²) in [5, 5.41) is 8.31. The molecule has 2 heteroatoms. The molecule has 1 saturated carbocycles. The molecule has 1 aromatic carbocycles. The van der Waals surface area contributed by atoms with E-state index in [1.165, 1.54) is 43.2 Å². The van der Waals surface area contributed by atoms with Gasteiger partial charge in [0.25, 0.3) is 0 Å². The van der Waals surface area contributed by atoms with Crippen molar-refractivity contribution in [2.45, 2.75) is 51.4 Å². The van der Waals surface area contributed by atoms with Crippen LogP contribution in [0.4, 0.5) is 0 Å². The largest absolute Gasteiger partial charge is 0.252 e. The molecule has 0 saturated heterocycles. The number of benzene rings is 1. The molecule has 18 heavy (non-hydrogen) atoms. The van der Waals surface area contributed by atoms with Gasteiger partial charge in [-0.15, -0.1) is 0 Å². The molecule has 1 aromatic rings.